The Morgan fingerprint density at radius 1 is 1.24 bits per heavy atom. The van der Waals surface area contributed by atoms with E-state index in [1.807, 2.05) is 6.07 Å². The first-order chi connectivity index (χ1) is 8.27. The van der Waals surface area contributed by atoms with Crippen LogP contribution in [0.3, 0.4) is 0 Å². The first-order valence-corrected chi connectivity index (χ1v) is 7.31. The van der Waals surface area contributed by atoms with E-state index in [1.165, 1.54) is 37.1 Å². The van der Waals surface area contributed by atoms with Gasteiger partial charge in [-0.2, -0.15) is 0 Å². The molecule has 0 spiro atoms. The van der Waals surface area contributed by atoms with Gasteiger partial charge in [-0.15, -0.1) is 11.8 Å². The third-order valence-corrected chi connectivity index (χ3v) is 4.59. The lowest BCUT2D eigenvalue weighted by Crippen LogP contribution is -2.25. The Morgan fingerprint density at radius 3 is 2.65 bits per heavy atom. The second kappa shape index (κ2) is 6.41. The van der Waals surface area contributed by atoms with E-state index in [0.29, 0.717) is 16.6 Å². The number of halogens is 1. The molecule has 0 aliphatic heterocycles. The molecule has 1 unspecified atom stereocenters. The summed E-state index contributed by atoms with van der Waals surface area (Å²) >= 11 is 1.42. The zero-order valence-electron chi connectivity index (χ0n) is 9.94. The minimum atomic E-state index is -0.292. The maximum atomic E-state index is 13.4. The molecule has 0 saturated heterocycles. The fourth-order valence-electron chi connectivity index (χ4n) is 2.39. The van der Waals surface area contributed by atoms with Crippen molar-refractivity contribution in [2.75, 3.05) is 5.75 Å². The minimum Gasteiger partial charge on any atom is -0.392 e. The summed E-state index contributed by atoms with van der Waals surface area (Å²) < 4.78 is 13.4. The highest BCUT2D eigenvalue weighted by Crippen LogP contribution is 2.30. The minimum absolute atomic E-state index is 0.187. The van der Waals surface area contributed by atoms with Crippen LogP contribution in [0.15, 0.2) is 29.2 Å². The SMILES string of the molecule is OC(CSc1ccccc1F)C1CCCCC1. The molecule has 1 aromatic rings. The van der Waals surface area contributed by atoms with E-state index in [4.69, 9.17) is 0 Å². The van der Waals surface area contributed by atoms with Crippen molar-refractivity contribution in [2.24, 2.45) is 5.92 Å². The number of thioether (sulfide) groups is 1. The number of hydrogen-bond acceptors (Lipinski definition) is 2. The van der Waals surface area contributed by atoms with Gasteiger partial charge in [0.15, 0.2) is 0 Å². The van der Waals surface area contributed by atoms with Gasteiger partial charge < -0.3 is 5.11 Å². The Balaban J connectivity index is 1.83. The van der Waals surface area contributed by atoms with Crippen LogP contribution in [-0.2, 0) is 0 Å². The van der Waals surface area contributed by atoms with Gasteiger partial charge >= 0.3 is 0 Å². The van der Waals surface area contributed by atoms with Crippen LogP contribution in [-0.4, -0.2) is 17.0 Å². The van der Waals surface area contributed by atoms with Crippen molar-refractivity contribution in [1.82, 2.24) is 0 Å². The highest BCUT2D eigenvalue weighted by molar-refractivity contribution is 7.99. The Kier molecular flexibility index (Phi) is 4.86. The van der Waals surface area contributed by atoms with E-state index < -0.39 is 0 Å². The lowest BCUT2D eigenvalue weighted by molar-refractivity contribution is 0.105. The summed E-state index contributed by atoms with van der Waals surface area (Å²) in [5.74, 6) is 0.836. The fraction of sp³-hybridized carbons (Fsp3) is 0.571. The molecular weight excluding hydrogens is 235 g/mol. The summed E-state index contributed by atoms with van der Waals surface area (Å²) in [4.78, 5) is 0.641. The Hall–Kier alpha value is -0.540. The van der Waals surface area contributed by atoms with Gasteiger partial charge in [0, 0.05) is 10.6 Å². The normalized spacial score (nSPS) is 19.2. The molecule has 1 saturated carbocycles. The Bertz CT molecular complexity index is 350. The Labute approximate surface area is 106 Å². The molecule has 0 aromatic heterocycles. The largest absolute Gasteiger partial charge is 0.392 e. The molecule has 1 N–H and O–H groups in total. The van der Waals surface area contributed by atoms with E-state index >= 15 is 0 Å². The molecule has 94 valence electrons. The monoisotopic (exact) mass is 254 g/mol. The Morgan fingerprint density at radius 2 is 1.94 bits per heavy atom. The summed E-state index contributed by atoms with van der Waals surface area (Å²) in [6, 6.07) is 6.76. The molecule has 17 heavy (non-hydrogen) atoms. The van der Waals surface area contributed by atoms with Crippen molar-refractivity contribution >= 4 is 11.8 Å². The van der Waals surface area contributed by atoms with Gasteiger partial charge in [0.1, 0.15) is 5.82 Å². The summed E-state index contributed by atoms with van der Waals surface area (Å²) in [7, 11) is 0. The first kappa shape index (κ1) is 12.9. The van der Waals surface area contributed by atoms with Gasteiger partial charge in [-0.25, -0.2) is 4.39 Å². The van der Waals surface area contributed by atoms with Gasteiger partial charge in [0.05, 0.1) is 6.10 Å². The standard InChI is InChI=1S/C14H19FOS/c15-12-8-4-5-9-14(12)17-10-13(16)11-6-2-1-3-7-11/h4-5,8-9,11,13,16H,1-3,6-7,10H2. The van der Waals surface area contributed by atoms with Crippen LogP contribution in [0, 0.1) is 11.7 Å². The van der Waals surface area contributed by atoms with Crippen LogP contribution in [0.5, 0.6) is 0 Å². The van der Waals surface area contributed by atoms with Crippen LogP contribution in [0.25, 0.3) is 0 Å². The molecule has 2 rings (SSSR count). The summed E-state index contributed by atoms with van der Waals surface area (Å²) in [6.07, 6.45) is 5.71. The van der Waals surface area contributed by atoms with Crippen molar-refractivity contribution in [2.45, 2.75) is 43.1 Å². The number of aliphatic hydroxyl groups is 1. The average Bonchev–Trinajstić information content (AvgIpc) is 2.38. The number of benzene rings is 1. The number of rotatable bonds is 4. The van der Waals surface area contributed by atoms with Crippen LogP contribution >= 0.6 is 11.8 Å². The quantitative estimate of drug-likeness (QED) is 0.823. The average molecular weight is 254 g/mol. The van der Waals surface area contributed by atoms with Crippen molar-refractivity contribution in [3.63, 3.8) is 0 Å². The van der Waals surface area contributed by atoms with Gasteiger partial charge in [-0.1, -0.05) is 31.4 Å². The predicted octanol–water partition coefficient (Wildman–Crippen LogP) is 3.86. The zero-order chi connectivity index (χ0) is 12.1. The van der Waals surface area contributed by atoms with Crippen molar-refractivity contribution in [3.05, 3.63) is 30.1 Å². The van der Waals surface area contributed by atoms with Crippen LogP contribution in [0.2, 0.25) is 0 Å². The molecule has 1 atom stereocenters. The van der Waals surface area contributed by atoms with Gasteiger partial charge in [-0.3, -0.25) is 0 Å². The molecule has 0 bridgehead atoms. The van der Waals surface area contributed by atoms with Crippen LogP contribution < -0.4 is 0 Å². The van der Waals surface area contributed by atoms with Gasteiger partial charge in [-0.05, 0) is 30.9 Å². The molecule has 3 heteroatoms. The van der Waals surface area contributed by atoms with E-state index in [-0.39, 0.29) is 11.9 Å². The highest BCUT2D eigenvalue weighted by atomic mass is 32.2. The molecular formula is C14H19FOS. The second-order valence-corrected chi connectivity index (χ2v) is 5.77. The van der Waals surface area contributed by atoms with Crippen LogP contribution in [0.4, 0.5) is 4.39 Å². The fourth-order valence-corrected chi connectivity index (χ4v) is 3.40. The third-order valence-electron chi connectivity index (χ3n) is 3.44. The van der Waals surface area contributed by atoms with Gasteiger partial charge in [0.2, 0.25) is 0 Å². The summed E-state index contributed by atoms with van der Waals surface area (Å²) in [6.45, 7) is 0. The van der Waals surface area contributed by atoms with E-state index in [2.05, 4.69) is 0 Å². The smallest absolute Gasteiger partial charge is 0.136 e. The molecule has 0 heterocycles. The van der Waals surface area contributed by atoms with Crippen molar-refractivity contribution in [1.29, 1.82) is 0 Å². The maximum Gasteiger partial charge on any atom is 0.136 e. The topological polar surface area (TPSA) is 20.2 Å². The molecule has 0 radical (unpaired) electrons. The molecule has 1 aliphatic carbocycles. The lowest BCUT2D eigenvalue weighted by Gasteiger charge is -2.26. The zero-order valence-corrected chi connectivity index (χ0v) is 10.8. The van der Waals surface area contributed by atoms with Crippen molar-refractivity contribution < 1.29 is 9.50 Å². The number of aliphatic hydroxyl groups excluding tert-OH is 1. The molecule has 1 aromatic carbocycles. The predicted molar refractivity (Wildman–Crippen MR) is 69.7 cm³/mol. The van der Waals surface area contributed by atoms with Crippen molar-refractivity contribution in [3.8, 4) is 0 Å². The van der Waals surface area contributed by atoms with Crippen LogP contribution in [0.1, 0.15) is 32.1 Å². The summed E-state index contributed by atoms with van der Waals surface area (Å²) in [5, 5.41) is 10.1. The highest BCUT2D eigenvalue weighted by Gasteiger charge is 2.21. The first-order valence-electron chi connectivity index (χ1n) is 6.33. The van der Waals surface area contributed by atoms with E-state index in [9.17, 15) is 9.50 Å². The van der Waals surface area contributed by atoms with Gasteiger partial charge in [0.25, 0.3) is 0 Å². The third kappa shape index (κ3) is 3.71. The van der Waals surface area contributed by atoms with E-state index in [0.717, 1.165) is 12.8 Å². The molecule has 0 amide bonds. The molecule has 1 fully saturated rings. The molecule has 1 aliphatic rings. The molecule has 1 nitrogen and oxygen atoms in total. The summed E-state index contributed by atoms with van der Waals surface area (Å²) in [5.41, 5.74) is 0. The second-order valence-electron chi connectivity index (χ2n) is 4.71. The maximum absolute atomic E-state index is 13.4. The number of hydrogen-bond donors (Lipinski definition) is 1. The van der Waals surface area contributed by atoms with E-state index in [1.54, 1.807) is 12.1 Å². The lowest BCUT2D eigenvalue weighted by atomic mass is 9.86.